The van der Waals surface area contributed by atoms with Crippen molar-refractivity contribution in [2.45, 2.75) is 6.17 Å². The van der Waals surface area contributed by atoms with E-state index in [1.807, 2.05) is 91.0 Å². The molecule has 2 aromatic heterocycles. The van der Waals surface area contributed by atoms with Crippen molar-refractivity contribution in [2.24, 2.45) is 9.98 Å². The fourth-order valence-corrected chi connectivity index (χ4v) is 7.95. The van der Waals surface area contributed by atoms with Crippen LogP contribution in [0, 0.1) is 0 Å². The molecular formula is C45H30N4S. The van der Waals surface area contributed by atoms with Gasteiger partial charge in [0.05, 0.1) is 27.7 Å². The number of aromatic nitrogens is 1. The van der Waals surface area contributed by atoms with E-state index in [-0.39, 0.29) is 87.2 Å². The second-order valence-corrected chi connectivity index (χ2v) is 13.0. The second-order valence-electron chi connectivity index (χ2n) is 12.0. The second kappa shape index (κ2) is 11.7. The zero-order valence-corrected chi connectivity index (χ0v) is 27.2. The standard InChI is InChI=1S/C45H30N4S/c1-3-14-29(15-4-1)43-46-44(30-16-5-2-6-17-30)48-45(47-43)37-27-26-31(32-21-13-22-36-35-20-9-12-25-41(35)50-42(32)36)28-40(37)49-38-23-10-7-18-33(38)34-19-8-11-24-39(34)49/h1-28,43H,(H,46,47,48)/i7D,8D,18D,19D,23D,24D,27D,28D. The van der Waals surface area contributed by atoms with Crippen LogP contribution in [-0.4, -0.2) is 16.2 Å². The first kappa shape index (κ1) is 21.6. The molecule has 4 nitrogen and oxygen atoms in total. The molecule has 1 unspecified atom stereocenters. The summed E-state index contributed by atoms with van der Waals surface area (Å²) in [5.41, 5.74) is 3.17. The van der Waals surface area contributed by atoms with E-state index in [0.717, 1.165) is 36.9 Å². The lowest BCUT2D eigenvalue weighted by Crippen LogP contribution is -2.36. The summed E-state index contributed by atoms with van der Waals surface area (Å²) in [4.78, 5) is 10.1. The molecule has 0 saturated heterocycles. The predicted molar refractivity (Wildman–Crippen MR) is 211 cm³/mol. The molecule has 236 valence electrons. The Morgan fingerprint density at radius 3 is 2.02 bits per heavy atom. The molecule has 0 amide bonds. The highest BCUT2D eigenvalue weighted by molar-refractivity contribution is 7.26. The Morgan fingerprint density at radius 2 is 1.24 bits per heavy atom. The van der Waals surface area contributed by atoms with Gasteiger partial charge in [0.1, 0.15) is 11.7 Å². The minimum Gasteiger partial charge on any atom is -0.324 e. The molecule has 5 heteroatoms. The molecule has 3 heterocycles. The van der Waals surface area contributed by atoms with Gasteiger partial charge in [0.2, 0.25) is 0 Å². The normalized spacial score (nSPS) is 16.8. The van der Waals surface area contributed by atoms with Crippen molar-refractivity contribution in [3.05, 3.63) is 186 Å². The molecule has 0 fully saturated rings. The lowest BCUT2D eigenvalue weighted by molar-refractivity contribution is 0.755. The number of nitrogens with zero attached hydrogens (tertiary/aromatic N) is 3. The van der Waals surface area contributed by atoms with Crippen LogP contribution in [0.4, 0.5) is 0 Å². The Bertz CT molecular complexity index is 3180. The van der Waals surface area contributed by atoms with Crippen LogP contribution in [0.1, 0.15) is 33.8 Å². The van der Waals surface area contributed by atoms with Gasteiger partial charge in [-0.25, -0.2) is 9.98 Å². The van der Waals surface area contributed by atoms with Crippen LogP contribution < -0.4 is 5.32 Å². The van der Waals surface area contributed by atoms with Gasteiger partial charge in [-0.1, -0.05) is 139 Å². The zero-order chi connectivity index (χ0) is 40.0. The highest BCUT2D eigenvalue weighted by Crippen LogP contribution is 2.42. The summed E-state index contributed by atoms with van der Waals surface area (Å²) in [5, 5.41) is 5.58. The summed E-state index contributed by atoms with van der Waals surface area (Å²) in [5.74, 6) is 0.710. The van der Waals surface area contributed by atoms with Crippen molar-refractivity contribution in [1.82, 2.24) is 9.88 Å². The quantitative estimate of drug-likeness (QED) is 0.195. The Hall–Kier alpha value is -6.30. The Balaban J connectivity index is 1.36. The van der Waals surface area contributed by atoms with Crippen LogP contribution in [0.25, 0.3) is 58.8 Å². The lowest BCUT2D eigenvalue weighted by Gasteiger charge is -2.24. The van der Waals surface area contributed by atoms with Crippen molar-refractivity contribution in [2.75, 3.05) is 0 Å². The number of nitrogens with one attached hydrogen (secondary N) is 1. The third-order valence-electron chi connectivity index (χ3n) is 9.02. The summed E-state index contributed by atoms with van der Waals surface area (Å²) in [6.07, 6.45) is -0.742. The maximum absolute atomic E-state index is 10.2. The average molecular weight is 667 g/mol. The van der Waals surface area contributed by atoms with Crippen LogP contribution in [0.15, 0.2) is 180 Å². The van der Waals surface area contributed by atoms with Gasteiger partial charge in [0.25, 0.3) is 0 Å². The molecule has 1 aliphatic heterocycles. The molecule has 0 radical (unpaired) electrons. The van der Waals surface area contributed by atoms with Crippen LogP contribution >= 0.6 is 11.3 Å². The smallest absolute Gasteiger partial charge is 0.169 e. The van der Waals surface area contributed by atoms with Crippen molar-refractivity contribution >= 4 is 65.0 Å². The van der Waals surface area contributed by atoms with Crippen molar-refractivity contribution in [1.29, 1.82) is 0 Å². The van der Waals surface area contributed by atoms with Crippen molar-refractivity contribution in [3.8, 4) is 16.8 Å². The predicted octanol–water partition coefficient (Wildman–Crippen LogP) is 11.3. The molecule has 0 aliphatic carbocycles. The number of benzene rings is 7. The van der Waals surface area contributed by atoms with E-state index in [0.29, 0.717) is 11.4 Å². The fraction of sp³-hybridized carbons (Fsp3) is 0.0222. The van der Waals surface area contributed by atoms with E-state index < -0.39 is 6.17 Å². The maximum Gasteiger partial charge on any atom is 0.169 e. The zero-order valence-electron chi connectivity index (χ0n) is 34.4. The van der Waals surface area contributed by atoms with Crippen molar-refractivity contribution in [3.63, 3.8) is 0 Å². The Labute approximate surface area is 304 Å². The molecule has 1 aliphatic rings. The molecule has 9 aromatic rings. The first-order valence-electron chi connectivity index (χ1n) is 20.2. The summed E-state index contributed by atoms with van der Waals surface area (Å²) >= 11 is 1.59. The minimum absolute atomic E-state index is 0.00836. The molecule has 0 spiro atoms. The third kappa shape index (κ3) is 4.66. The first-order chi connectivity index (χ1) is 28.1. The number of hydrogen-bond donors (Lipinski definition) is 1. The van der Waals surface area contributed by atoms with Gasteiger partial charge in [-0.15, -0.1) is 11.3 Å². The highest BCUT2D eigenvalue weighted by atomic mass is 32.1. The Morgan fingerprint density at radius 1 is 0.560 bits per heavy atom. The van der Waals surface area contributed by atoms with Gasteiger partial charge in [0.15, 0.2) is 6.17 Å². The highest BCUT2D eigenvalue weighted by Gasteiger charge is 2.25. The molecule has 1 N–H and O–H groups in total. The number of fused-ring (bicyclic) bond motifs is 6. The third-order valence-corrected chi connectivity index (χ3v) is 10.2. The summed E-state index contributed by atoms with van der Waals surface area (Å²) in [7, 11) is 0. The van der Waals surface area contributed by atoms with Gasteiger partial charge < -0.3 is 9.88 Å². The van der Waals surface area contributed by atoms with Gasteiger partial charge >= 0.3 is 0 Å². The maximum atomic E-state index is 10.2. The van der Waals surface area contributed by atoms with E-state index in [4.69, 9.17) is 15.5 Å². The van der Waals surface area contributed by atoms with Gasteiger partial charge in [0, 0.05) is 42.1 Å². The Kier molecular flexibility index (Phi) is 5.06. The van der Waals surface area contributed by atoms with E-state index in [9.17, 15) is 5.48 Å². The fourth-order valence-electron chi connectivity index (χ4n) is 6.72. The largest absolute Gasteiger partial charge is 0.324 e. The topological polar surface area (TPSA) is 41.7 Å². The molecule has 10 rings (SSSR count). The molecule has 0 bridgehead atoms. The van der Waals surface area contributed by atoms with E-state index in [1.165, 1.54) is 16.7 Å². The lowest BCUT2D eigenvalue weighted by atomic mass is 9.99. The van der Waals surface area contributed by atoms with Crippen LogP contribution in [0.3, 0.4) is 0 Å². The molecule has 7 aromatic carbocycles. The molecule has 50 heavy (non-hydrogen) atoms. The summed E-state index contributed by atoms with van der Waals surface area (Å²) in [6.45, 7) is 0. The van der Waals surface area contributed by atoms with Crippen LogP contribution in [0.5, 0.6) is 0 Å². The van der Waals surface area contributed by atoms with Crippen LogP contribution in [0.2, 0.25) is 0 Å². The number of rotatable bonds is 5. The minimum atomic E-state index is -0.742. The van der Waals surface area contributed by atoms with Crippen LogP contribution in [-0.2, 0) is 0 Å². The molecular weight excluding hydrogens is 629 g/mol. The number of thiophene rings is 1. The summed E-state index contributed by atoms with van der Waals surface area (Å²) < 4.78 is 77.5. The van der Waals surface area contributed by atoms with E-state index >= 15 is 0 Å². The summed E-state index contributed by atoms with van der Waals surface area (Å²) in [6, 6.07) is 35.8. The van der Waals surface area contributed by atoms with E-state index in [1.54, 1.807) is 17.4 Å². The van der Waals surface area contributed by atoms with Gasteiger partial charge in [-0.05, 0) is 46.9 Å². The van der Waals surface area contributed by atoms with Gasteiger partial charge in [-0.2, -0.15) is 0 Å². The number of hydrogen-bond acceptors (Lipinski definition) is 4. The average Bonchev–Trinajstić information content (AvgIpc) is 3.81. The first-order valence-corrected chi connectivity index (χ1v) is 17.0. The number of para-hydroxylation sites is 2. The number of amidine groups is 2. The SMILES string of the molecule is [2H]c1cc(-c2cccc3c2sc2ccccc23)c([2H])c(-n2c3c([2H])cc([2H])c([2H])c3c3c([2H])c([2H])cc([2H])c32)c1C1=NC(c2ccccc2)N=C(c2ccccc2)N1. The molecule has 0 saturated carbocycles. The van der Waals surface area contributed by atoms with Gasteiger partial charge in [-0.3, -0.25) is 0 Å². The monoisotopic (exact) mass is 666 g/mol. The number of aliphatic imine (C=N–C) groups is 2. The van der Waals surface area contributed by atoms with Crippen molar-refractivity contribution < 1.29 is 11.0 Å². The molecule has 1 atom stereocenters. The van der Waals surface area contributed by atoms with E-state index in [2.05, 4.69) is 17.4 Å².